The summed E-state index contributed by atoms with van der Waals surface area (Å²) in [5.74, 6) is 5.43. The molecule has 104 valence electrons. The molecule has 1 rings (SSSR count). The summed E-state index contributed by atoms with van der Waals surface area (Å²) in [5, 5.41) is 8.88. The van der Waals surface area contributed by atoms with Crippen LogP contribution in [0, 0.1) is 11.8 Å². The largest absolute Gasteiger partial charge is 0.395 e. The first-order valence-electron chi connectivity index (χ1n) is 5.49. The summed E-state index contributed by atoms with van der Waals surface area (Å²) in [6.07, 6.45) is 0. The highest BCUT2D eigenvalue weighted by Gasteiger charge is 2.23. The van der Waals surface area contributed by atoms with Gasteiger partial charge >= 0.3 is 0 Å². The van der Waals surface area contributed by atoms with Gasteiger partial charge in [-0.1, -0.05) is 23.4 Å². The molecular formula is C12H15ClN2O3S. The van der Waals surface area contributed by atoms with E-state index in [0.29, 0.717) is 5.56 Å². The van der Waals surface area contributed by atoms with Crippen LogP contribution >= 0.6 is 11.6 Å². The molecule has 0 spiro atoms. The number of aliphatic hydroxyl groups is 1. The van der Waals surface area contributed by atoms with Gasteiger partial charge in [0, 0.05) is 19.2 Å². The number of sulfonamides is 1. The highest BCUT2D eigenvalue weighted by atomic mass is 35.5. The SMILES string of the molecule is CN(CCO)S(=O)(=O)c1ccc(C#CCN)cc1Cl. The van der Waals surface area contributed by atoms with Gasteiger partial charge < -0.3 is 10.8 Å². The zero-order chi connectivity index (χ0) is 14.5. The van der Waals surface area contributed by atoms with Crippen molar-refractivity contribution in [2.45, 2.75) is 4.90 Å². The molecular weight excluding hydrogens is 288 g/mol. The molecule has 3 N–H and O–H groups in total. The fourth-order valence-electron chi connectivity index (χ4n) is 1.37. The summed E-state index contributed by atoms with van der Waals surface area (Å²) in [5.41, 5.74) is 5.85. The maximum Gasteiger partial charge on any atom is 0.244 e. The zero-order valence-corrected chi connectivity index (χ0v) is 12.0. The number of nitrogens with two attached hydrogens (primary N) is 1. The lowest BCUT2D eigenvalue weighted by atomic mass is 10.2. The van der Waals surface area contributed by atoms with Gasteiger partial charge in [0.05, 0.1) is 18.2 Å². The van der Waals surface area contributed by atoms with Crippen molar-refractivity contribution >= 4 is 21.6 Å². The van der Waals surface area contributed by atoms with Crippen molar-refractivity contribution in [3.8, 4) is 11.8 Å². The van der Waals surface area contributed by atoms with Crippen molar-refractivity contribution in [2.75, 3.05) is 26.7 Å². The van der Waals surface area contributed by atoms with E-state index in [0.717, 1.165) is 4.31 Å². The summed E-state index contributed by atoms with van der Waals surface area (Å²) in [6, 6.07) is 4.43. The highest BCUT2D eigenvalue weighted by Crippen LogP contribution is 2.24. The van der Waals surface area contributed by atoms with Crippen LogP contribution in [0.1, 0.15) is 5.56 Å². The molecule has 0 unspecified atom stereocenters. The zero-order valence-electron chi connectivity index (χ0n) is 10.4. The number of rotatable bonds is 4. The van der Waals surface area contributed by atoms with Crippen LogP contribution in [-0.4, -0.2) is 44.6 Å². The van der Waals surface area contributed by atoms with Gasteiger partial charge in [0.25, 0.3) is 0 Å². The van der Waals surface area contributed by atoms with Gasteiger partial charge in [0.1, 0.15) is 4.90 Å². The summed E-state index contributed by atoms with van der Waals surface area (Å²) >= 11 is 5.97. The normalized spacial score (nSPS) is 11.2. The molecule has 0 saturated heterocycles. The van der Waals surface area contributed by atoms with Crippen molar-refractivity contribution in [3.63, 3.8) is 0 Å². The number of halogens is 1. The van der Waals surface area contributed by atoms with E-state index in [4.69, 9.17) is 22.4 Å². The van der Waals surface area contributed by atoms with Crippen molar-refractivity contribution in [3.05, 3.63) is 28.8 Å². The molecule has 0 saturated carbocycles. The standard InChI is InChI=1S/C12H15ClN2O3S/c1-15(7-8-16)19(17,18)12-5-4-10(3-2-6-14)9-11(12)13/h4-5,9,16H,6-8,14H2,1H3. The fraction of sp³-hybridized carbons (Fsp3) is 0.333. The Bertz CT molecular complexity index is 605. The van der Waals surface area contributed by atoms with E-state index in [2.05, 4.69) is 11.8 Å². The Hall–Kier alpha value is -1.10. The number of aliphatic hydroxyl groups excluding tert-OH is 1. The van der Waals surface area contributed by atoms with Crippen LogP contribution in [0.5, 0.6) is 0 Å². The minimum atomic E-state index is -3.70. The molecule has 0 aliphatic heterocycles. The Balaban J connectivity index is 3.16. The minimum absolute atomic E-state index is 0.00733. The van der Waals surface area contributed by atoms with Gasteiger partial charge in [-0.25, -0.2) is 8.42 Å². The molecule has 0 aliphatic rings. The third-order valence-electron chi connectivity index (χ3n) is 2.37. The van der Waals surface area contributed by atoms with E-state index in [1.165, 1.54) is 19.2 Å². The van der Waals surface area contributed by atoms with Crippen LogP contribution in [0.4, 0.5) is 0 Å². The van der Waals surface area contributed by atoms with Crippen molar-refractivity contribution in [1.82, 2.24) is 4.31 Å². The van der Waals surface area contributed by atoms with E-state index in [9.17, 15) is 8.42 Å². The number of hydrogen-bond acceptors (Lipinski definition) is 4. The molecule has 0 atom stereocenters. The predicted octanol–water partition coefficient (Wildman–Crippen LogP) is 0.263. The molecule has 0 aromatic heterocycles. The first kappa shape index (κ1) is 16.0. The van der Waals surface area contributed by atoms with Crippen molar-refractivity contribution in [2.24, 2.45) is 5.73 Å². The van der Waals surface area contributed by atoms with Gasteiger partial charge in [0.2, 0.25) is 10.0 Å². The van der Waals surface area contributed by atoms with Gasteiger partial charge in [-0.15, -0.1) is 0 Å². The first-order valence-corrected chi connectivity index (χ1v) is 7.31. The number of nitrogens with zero attached hydrogens (tertiary/aromatic N) is 1. The Morgan fingerprint density at radius 2 is 2.16 bits per heavy atom. The van der Waals surface area contributed by atoms with E-state index in [1.807, 2.05) is 0 Å². The number of benzene rings is 1. The summed E-state index contributed by atoms with van der Waals surface area (Å²) in [4.78, 5) is -0.0107. The van der Waals surface area contributed by atoms with E-state index in [1.54, 1.807) is 6.07 Å². The Morgan fingerprint density at radius 3 is 2.68 bits per heavy atom. The van der Waals surface area contributed by atoms with Crippen LogP contribution in [0.2, 0.25) is 5.02 Å². The van der Waals surface area contributed by atoms with Crippen LogP contribution in [0.3, 0.4) is 0 Å². The van der Waals surface area contributed by atoms with Gasteiger partial charge in [-0.05, 0) is 18.2 Å². The maximum atomic E-state index is 12.1. The molecule has 7 heteroatoms. The predicted molar refractivity (Wildman–Crippen MR) is 74.3 cm³/mol. The molecule has 1 aromatic carbocycles. The molecule has 0 amide bonds. The number of likely N-dealkylation sites (N-methyl/N-ethyl adjacent to an activating group) is 1. The Kier molecular flexibility index (Phi) is 5.79. The average molecular weight is 303 g/mol. The molecule has 5 nitrogen and oxygen atoms in total. The molecule has 0 heterocycles. The quantitative estimate of drug-likeness (QED) is 0.782. The molecule has 1 aromatic rings. The fourth-order valence-corrected chi connectivity index (χ4v) is 3.05. The molecule has 0 aliphatic carbocycles. The van der Waals surface area contributed by atoms with Gasteiger partial charge in [-0.3, -0.25) is 0 Å². The second-order valence-electron chi connectivity index (χ2n) is 3.70. The van der Waals surface area contributed by atoms with Crippen LogP contribution < -0.4 is 5.73 Å². The molecule has 0 fully saturated rings. The monoisotopic (exact) mass is 302 g/mol. The third-order valence-corrected chi connectivity index (χ3v) is 4.71. The van der Waals surface area contributed by atoms with Crippen molar-refractivity contribution in [1.29, 1.82) is 0 Å². The second-order valence-corrected chi connectivity index (χ2v) is 6.12. The van der Waals surface area contributed by atoms with Crippen LogP contribution in [-0.2, 0) is 10.0 Å². The summed E-state index contributed by atoms with van der Waals surface area (Å²) in [6.45, 7) is -0.0301. The summed E-state index contributed by atoms with van der Waals surface area (Å²) in [7, 11) is -2.32. The second kappa shape index (κ2) is 6.89. The van der Waals surface area contributed by atoms with Gasteiger partial charge in [0.15, 0.2) is 0 Å². The van der Waals surface area contributed by atoms with Gasteiger partial charge in [-0.2, -0.15) is 4.31 Å². The maximum absolute atomic E-state index is 12.1. The topological polar surface area (TPSA) is 83.6 Å². The average Bonchev–Trinajstić information content (AvgIpc) is 2.36. The van der Waals surface area contributed by atoms with Crippen LogP contribution in [0.25, 0.3) is 0 Å². The minimum Gasteiger partial charge on any atom is -0.395 e. The van der Waals surface area contributed by atoms with E-state index in [-0.39, 0.29) is 29.6 Å². The van der Waals surface area contributed by atoms with Crippen molar-refractivity contribution < 1.29 is 13.5 Å². The molecule has 0 bridgehead atoms. The highest BCUT2D eigenvalue weighted by molar-refractivity contribution is 7.89. The van der Waals surface area contributed by atoms with E-state index < -0.39 is 10.0 Å². The summed E-state index contributed by atoms with van der Waals surface area (Å²) < 4.78 is 25.3. The van der Waals surface area contributed by atoms with Crippen LogP contribution in [0.15, 0.2) is 23.1 Å². The third kappa shape index (κ3) is 3.93. The first-order chi connectivity index (χ1) is 8.93. The lowest BCUT2D eigenvalue weighted by molar-refractivity contribution is 0.266. The lowest BCUT2D eigenvalue weighted by Gasteiger charge is -2.16. The van der Waals surface area contributed by atoms with E-state index >= 15 is 0 Å². The molecule has 19 heavy (non-hydrogen) atoms. The molecule has 0 radical (unpaired) electrons. The lowest BCUT2D eigenvalue weighted by Crippen LogP contribution is -2.29. The Labute approximate surface area is 118 Å². The smallest absolute Gasteiger partial charge is 0.244 e. The number of hydrogen-bond donors (Lipinski definition) is 2. The Morgan fingerprint density at radius 1 is 1.47 bits per heavy atom.